The average Bonchev–Trinajstić information content (AvgIpc) is 3.12. The van der Waals surface area contributed by atoms with E-state index in [1.165, 1.54) is 12.1 Å². The van der Waals surface area contributed by atoms with Gasteiger partial charge in [0.25, 0.3) is 5.91 Å². The van der Waals surface area contributed by atoms with Crippen LogP contribution < -0.4 is 15.8 Å². The molecule has 1 saturated heterocycles. The number of anilines is 2. The maximum Gasteiger partial charge on any atom is 0.387 e. The molecule has 2 aromatic rings. The van der Waals surface area contributed by atoms with Gasteiger partial charge in [0.2, 0.25) is 0 Å². The number of likely N-dealkylation sites (tertiary alicyclic amines) is 1. The van der Waals surface area contributed by atoms with Crippen LogP contribution in [-0.2, 0) is 0 Å². The smallest absolute Gasteiger partial charge is 0.387 e. The number of para-hydroxylation sites is 1. The van der Waals surface area contributed by atoms with E-state index < -0.39 is 6.61 Å². The summed E-state index contributed by atoms with van der Waals surface area (Å²) in [5, 5.41) is 3.17. The molecule has 1 fully saturated rings. The highest BCUT2D eigenvalue weighted by Gasteiger charge is 2.27. The van der Waals surface area contributed by atoms with Gasteiger partial charge in [-0.05, 0) is 55.3 Å². The minimum atomic E-state index is -2.86. The van der Waals surface area contributed by atoms with Crippen molar-refractivity contribution in [1.29, 1.82) is 0 Å². The van der Waals surface area contributed by atoms with Gasteiger partial charge in [-0.3, -0.25) is 4.79 Å². The summed E-state index contributed by atoms with van der Waals surface area (Å²) >= 11 is 0. The Labute approximate surface area is 162 Å². The van der Waals surface area contributed by atoms with Crippen LogP contribution in [0.25, 0.3) is 0 Å². The van der Waals surface area contributed by atoms with E-state index in [9.17, 15) is 13.6 Å². The summed E-state index contributed by atoms with van der Waals surface area (Å²) in [7, 11) is 0. The third-order valence-corrected chi connectivity index (χ3v) is 4.42. The fourth-order valence-corrected chi connectivity index (χ4v) is 3.03. The van der Waals surface area contributed by atoms with Gasteiger partial charge < -0.3 is 20.7 Å². The summed E-state index contributed by atoms with van der Waals surface area (Å²) in [6.45, 7) is -0.903. The van der Waals surface area contributed by atoms with Crippen LogP contribution in [0.5, 0.6) is 5.75 Å². The van der Waals surface area contributed by atoms with Gasteiger partial charge in [-0.1, -0.05) is 12.1 Å². The molecule has 3 N–H and O–H groups in total. The predicted molar refractivity (Wildman–Crippen MR) is 103 cm³/mol. The normalized spacial score (nSPS) is 16.1. The van der Waals surface area contributed by atoms with Crippen molar-refractivity contribution in [3.8, 4) is 5.75 Å². The second kappa shape index (κ2) is 9.53. The highest BCUT2D eigenvalue weighted by molar-refractivity contribution is 6.00. The first-order valence-corrected chi connectivity index (χ1v) is 8.47. The Hall–Kier alpha value is -2.38. The Morgan fingerprint density at radius 3 is 2.56 bits per heavy atom. The van der Waals surface area contributed by atoms with Crippen molar-refractivity contribution < 1.29 is 18.3 Å². The fraction of sp³-hybridized carbons (Fsp3) is 0.316. The molecule has 146 valence electrons. The second-order valence-corrected chi connectivity index (χ2v) is 6.22. The molecule has 0 aliphatic carbocycles. The highest BCUT2D eigenvalue weighted by atomic mass is 35.5. The first-order chi connectivity index (χ1) is 12.6. The summed E-state index contributed by atoms with van der Waals surface area (Å²) in [5.74, 6) is 0.392. The average molecular weight is 398 g/mol. The summed E-state index contributed by atoms with van der Waals surface area (Å²) in [6.07, 6.45) is 0.920. The molecule has 0 spiro atoms. The van der Waals surface area contributed by atoms with Crippen molar-refractivity contribution >= 4 is 29.7 Å². The second-order valence-electron chi connectivity index (χ2n) is 6.22. The van der Waals surface area contributed by atoms with Crippen molar-refractivity contribution in [2.24, 2.45) is 11.7 Å². The van der Waals surface area contributed by atoms with Crippen LogP contribution in [0.1, 0.15) is 16.8 Å². The Morgan fingerprint density at radius 1 is 1.22 bits per heavy atom. The summed E-state index contributed by atoms with van der Waals surface area (Å²) in [6, 6.07) is 13.4. The first-order valence-electron chi connectivity index (χ1n) is 8.47. The Balaban J connectivity index is 0.00000261. The molecule has 5 nitrogen and oxygen atoms in total. The van der Waals surface area contributed by atoms with E-state index in [2.05, 4.69) is 10.1 Å². The lowest BCUT2D eigenvalue weighted by atomic mass is 10.1. The third-order valence-electron chi connectivity index (χ3n) is 4.42. The van der Waals surface area contributed by atoms with E-state index in [1.807, 2.05) is 23.1 Å². The fourth-order valence-electron chi connectivity index (χ4n) is 3.03. The lowest BCUT2D eigenvalue weighted by Crippen LogP contribution is -2.30. The molecular formula is C19H22ClF2N3O2. The molecule has 8 heteroatoms. The van der Waals surface area contributed by atoms with Crippen LogP contribution in [0.3, 0.4) is 0 Å². The first kappa shape index (κ1) is 20.9. The topological polar surface area (TPSA) is 67.6 Å². The summed E-state index contributed by atoms with van der Waals surface area (Å²) in [4.78, 5) is 14.7. The van der Waals surface area contributed by atoms with Crippen LogP contribution in [0.4, 0.5) is 20.2 Å². The molecule has 1 amide bonds. The number of nitrogens with two attached hydrogens (primary N) is 1. The number of ether oxygens (including phenoxy) is 1. The van der Waals surface area contributed by atoms with Gasteiger partial charge in [0.05, 0.1) is 11.3 Å². The summed E-state index contributed by atoms with van der Waals surface area (Å²) in [5.41, 5.74) is 7.61. The summed E-state index contributed by atoms with van der Waals surface area (Å²) < 4.78 is 28.8. The largest absolute Gasteiger partial charge is 0.435 e. The lowest BCUT2D eigenvalue weighted by Gasteiger charge is -2.19. The molecule has 0 aromatic heterocycles. The van der Waals surface area contributed by atoms with Crippen LogP contribution in [0, 0.1) is 5.92 Å². The van der Waals surface area contributed by atoms with Gasteiger partial charge in [0.1, 0.15) is 5.75 Å². The number of rotatable bonds is 6. The van der Waals surface area contributed by atoms with Crippen LogP contribution in [0.2, 0.25) is 0 Å². The molecule has 3 rings (SSSR count). The van der Waals surface area contributed by atoms with Crippen molar-refractivity contribution in [2.75, 3.05) is 25.0 Å². The van der Waals surface area contributed by atoms with E-state index in [0.29, 0.717) is 42.5 Å². The monoisotopic (exact) mass is 397 g/mol. The third kappa shape index (κ3) is 5.30. The Bertz CT molecular complexity index is 759. The molecule has 1 aliphatic rings. The van der Waals surface area contributed by atoms with Crippen molar-refractivity contribution in [3.05, 3.63) is 54.1 Å². The minimum Gasteiger partial charge on any atom is -0.435 e. The molecule has 2 aromatic carbocycles. The quantitative estimate of drug-likeness (QED) is 0.776. The van der Waals surface area contributed by atoms with E-state index in [0.717, 1.165) is 6.42 Å². The Morgan fingerprint density at radius 2 is 1.93 bits per heavy atom. The Kier molecular flexibility index (Phi) is 7.38. The number of nitrogens with zero attached hydrogens (tertiary/aromatic N) is 1. The van der Waals surface area contributed by atoms with Gasteiger partial charge in [0.15, 0.2) is 0 Å². The van der Waals surface area contributed by atoms with E-state index >= 15 is 0 Å². The zero-order valence-corrected chi connectivity index (χ0v) is 15.4. The zero-order valence-electron chi connectivity index (χ0n) is 14.6. The number of hydrogen-bond donors (Lipinski definition) is 2. The van der Waals surface area contributed by atoms with Gasteiger partial charge in [-0.15, -0.1) is 12.4 Å². The zero-order chi connectivity index (χ0) is 18.5. The molecule has 27 heavy (non-hydrogen) atoms. The van der Waals surface area contributed by atoms with Gasteiger partial charge in [-0.2, -0.15) is 8.78 Å². The van der Waals surface area contributed by atoms with Gasteiger partial charge in [0, 0.05) is 18.8 Å². The van der Waals surface area contributed by atoms with E-state index in [1.54, 1.807) is 18.2 Å². The number of carbonyl (C=O) groups excluding carboxylic acids is 1. The predicted octanol–water partition coefficient (Wildman–Crippen LogP) is 3.87. The molecule has 0 radical (unpaired) electrons. The maximum absolute atomic E-state index is 12.8. The van der Waals surface area contributed by atoms with Crippen LogP contribution in [0.15, 0.2) is 48.5 Å². The van der Waals surface area contributed by atoms with Crippen LogP contribution in [-0.4, -0.2) is 37.1 Å². The number of halogens is 3. The molecular weight excluding hydrogens is 376 g/mol. The number of hydrogen-bond acceptors (Lipinski definition) is 4. The molecule has 1 heterocycles. The van der Waals surface area contributed by atoms with Gasteiger partial charge in [-0.25, -0.2) is 0 Å². The highest BCUT2D eigenvalue weighted by Crippen LogP contribution is 2.26. The molecule has 1 unspecified atom stereocenters. The molecule has 1 atom stereocenters. The number of benzene rings is 2. The van der Waals surface area contributed by atoms with E-state index in [-0.39, 0.29) is 24.1 Å². The number of carbonyl (C=O) groups is 1. The van der Waals surface area contributed by atoms with Crippen molar-refractivity contribution in [1.82, 2.24) is 4.90 Å². The van der Waals surface area contributed by atoms with Crippen LogP contribution >= 0.6 is 12.4 Å². The maximum atomic E-state index is 12.8. The molecule has 1 aliphatic heterocycles. The minimum absolute atomic E-state index is 0. The lowest BCUT2D eigenvalue weighted by molar-refractivity contribution is -0.0498. The number of amides is 1. The van der Waals surface area contributed by atoms with Gasteiger partial charge >= 0.3 is 6.61 Å². The van der Waals surface area contributed by atoms with Crippen molar-refractivity contribution in [2.45, 2.75) is 13.0 Å². The molecule has 0 saturated carbocycles. The number of alkyl halides is 2. The number of nitrogens with one attached hydrogen (secondary N) is 1. The van der Waals surface area contributed by atoms with E-state index in [4.69, 9.17) is 5.73 Å². The SMILES string of the molecule is Cl.NCC1CCN(C(=O)c2ccccc2Nc2ccc(OC(F)F)cc2)C1. The van der Waals surface area contributed by atoms with Crippen molar-refractivity contribution in [3.63, 3.8) is 0 Å². The standard InChI is InChI=1S/C19H21F2N3O2.ClH/c20-19(21)26-15-7-5-14(6-8-15)23-17-4-2-1-3-16(17)18(25)24-10-9-13(11-22)12-24;/h1-8,13,19,23H,9-12,22H2;1H. The molecule has 0 bridgehead atoms.